The predicted molar refractivity (Wildman–Crippen MR) is 68.2 cm³/mol. The molecule has 18 heavy (non-hydrogen) atoms. The Hall–Kier alpha value is -1.42. The first kappa shape index (κ1) is 13.0. The highest BCUT2D eigenvalue weighted by molar-refractivity contribution is 5.76. The predicted octanol–water partition coefficient (Wildman–Crippen LogP) is 1.96. The second-order valence-corrected chi connectivity index (χ2v) is 4.97. The number of nitrogens with two attached hydrogens (primary N) is 1. The van der Waals surface area contributed by atoms with Crippen molar-refractivity contribution in [2.75, 3.05) is 0 Å². The highest BCUT2D eigenvalue weighted by atomic mass is 19.1. The maximum absolute atomic E-state index is 12.9. The van der Waals surface area contributed by atoms with Gasteiger partial charge < -0.3 is 11.1 Å². The molecule has 1 aliphatic rings. The maximum atomic E-state index is 12.9. The van der Waals surface area contributed by atoms with Crippen LogP contribution in [0.1, 0.15) is 31.2 Å². The first-order valence-electron chi connectivity index (χ1n) is 6.42. The third-order valence-corrected chi connectivity index (χ3v) is 3.54. The summed E-state index contributed by atoms with van der Waals surface area (Å²) in [5, 5.41) is 2.81. The van der Waals surface area contributed by atoms with Crippen molar-refractivity contribution >= 4 is 5.91 Å². The van der Waals surface area contributed by atoms with Crippen molar-refractivity contribution in [2.24, 2.45) is 11.7 Å². The lowest BCUT2D eigenvalue weighted by Crippen LogP contribution is -2.31. The number of carbonyl (C=O) groups is 1. The largest absolute Gasteiger partial charge is 0.352 e. The molecule has 1 aromatic rings. The lowest BCUT2D eigenvalue weighted by atomic mass is 10.00. The van der Waals surface area contributed by atoms with Gasteiger partial charge in [-0.2, -0.15) is 0 Å². The molecule has 4 heteroatoms. The van der Waals surface area contributed by atoms with Crippen molar-refractivity contribution in [3.63, 3.8) is 0 Å². The average molecular weight is 250 g/mol. The zero-order valence-electron chi connectivity index (χ0n) is 10.4. The summed E-state index contributed by atoms with van der Waals surface area (Å²) in [6.07, 6.45) is 3.65. The van der Waals surface area contributed by atoms with Crippen LogP contribution in [0.25, 0.3) is 0 Å². The Labute approximate surface area is 107 Å². The zero-order chi connectivity index (χ0) is 13.0. The molecule has 98 valence electrons. The van der Waals surface area contributed by atoms with Crippen LogP contribution >= 0.6 is 0 Å². The van der Waals surface area contributed by atoms with E-state index >= 15 is 0 Å². The Morgan fingerprint density at radius 2 is 2.28 bits per heavy atom. The van der Waals surface area contributed by atoms with E-state index in [1.807, 2.05) is 0 Å². The summed E-state index contributed by atoms with van der Waals surface area (Å²) >= 11 is 0. The zero-order valence-corrected chi connectivity index (χ0v) is 10.4. The minimum atomic E-state index is -0.278. The molecule has 0 spiro atoms. The third-order valence-electron chi connectivity index (χ3n) is 3.54. The molecule has 2 rings (SSSR count). The van der Waals surface area contributed by atoms with E-state index in [1.54, 1.807) is 12.1 Å². The van der Waals surface area contributed by atoms with Crippen LogP contribution in [-0.4, -0.2) is 11.9 Å². The maximum Gasteiger partial charge on any atom is 0.220 e. The molecule has 0 saturated heterocycles. The summed E-state index contributed by atoms with van der Waals surface area (Å²) in [5.41, 5.74) is 6.70. The number of benzene rings is 1. The molecule has 1 fully saturated rings. The van der Waals surface area contributed by atoms with Crippen molar-refractivity contribution in [3.8, 4) is 0 Å². The van der Waals surface area contributed by atoms with Crippen LogP contribution in [-0.2, 0) is 11.3 Å². The van der Waals surface area contributed by atoms with Gasteiger partial charge >= 0.3 is 0 Å². The molecule has 0 radical (unpaired) electrons. The van der Waals surface area contributed by atoms with Gasteiger partial charge in [0.05, 0.1) is 0 Å². The highest BCUT2D eigenvalue weighted by Gasteiger charge is 2.25. The molecule has 1 aromatic carbocycles. The van der Waals surface area contributed by atoms with Crippen LogP contribution in [0.4, 0.5) is 4.39 Å². The first-order chi connectivity index (χ1) is 8.65. The standard InChI is InChI=1S/C14H19FN2O/c15-12-5-1-3-10(7-12)9-17-14(18)8-11-4-2-6-13(11)16/h1,3,5,7,11,13H,2,4,6,8-9,16H2,(H,17,18)/t11-,13+/m0/s1. The molecule has 0 heterocycles. The Kier molecular flexibility index (Phi) is 4.31. The van der Waals surface area contributed by atoms with Crippen LogP contribution in [0.15, 0.2) is 24.3 Å². The van der Waals surface area contributed by atoms with Crippen molar-refractivity contribution in [3.05, 3.63) is 35.6 Å². The minimum absolute atomic E-state index is 0.00149. The average Bonchev–Trinajstić information content (AvgIpc) is 2.73. The molecular weight excluding hydrogens is 231 g/mol. The Bertz CT molecular complexity index is 422. The fourth-order valence-electron chi connectivity index (χ4n) is 2.48. The number of carbonyl (C=O) groups excluding carboxylic acids is 1. The van der Waals surface area contributed by atoms with Gasteiger partial charge in [0.25, 0.3) is 0 Å². The molecule has 1 amide bonds. The summed E-state index contributed by atoms with van der Waals surface area (Å²) in [7, 11) is 0. The fraction of sp³-hybridized carbons (Fsp3) is 0.500. The number of rotatable bonds is 4. The van der Waals surface area contributed by atoms with Gasteiger partial charge in [0, 0.05) is 19.0 Å². The van der Waals surface area contributed by atoms with E-state index in [2.05, 4.69) is 5.32 Å². The first-order valence-corrected chi connectivity index (χ1v) is 6.42. The quantitative estimate of drug-likeness (QED) is 0.858. The van der Waals surface area contributed by atoms with Crippen molar-refractivity contribution in [1.82, 2.24) is 5.32 Å². The third kappa shape index (κ3) is 3.53. The van der Waals surface area contributed by atoms with E-state index in [-0.39, 0.29) is 17.8 Å². The van der Waals surface area contributed by atoms with Crippen molar-refractivity contribution < 1.29 is 9.18 Å². The molecule has 3 N–H and O–H groups in total. The number of hydrogen-bond acceptors (Lipinski definition) is 2. The molecule has 3 nitrogen and oxygen atoms in total. The summed E-state index contributed by atoms with van der Waals surface area (Å²) in [6.45, 7) is 0.374. The Balaban J connectivity index is 1.78. The van der Waals surface area contributed by atoms with Gasteiger partial charge in [0.15, 0.2) is 0 Å². The second-order valence-electron chi connectivity index (χ2n) is 4.97. The van der Waals surface area contributed by atoms with Gasteiger partial charge in [-0.15, -0.1) is 0 Å². The van der Waals surface area contributed by atoms with Crippen LogP contribution in [0, 0.1) is 11.7 Å². The monoisotopic (exact) mass is 250 g/mol. The van der Waals surface area contributed by atoms with Gasteiger partial charge in [-0.05, 0) is 36.5 Å². The fourth-order valence-corrected chi connectivity index (χ4v) is 2.48. The van der Waals surface area contributed by atoms with Gasteiger partial charge in [-0.25, -0.2) is 4.39 Å². The van der Waals surface area contributed by atoms with Gasteiger partial charge in [0.2, 0.25) is 5.91 Å². The normalized spacial score (nSPS) is 23.0. The molecule has 1 aliphatic carbocycles. The Morgan fingerprint density at radius 3 is 2.94 bits per heavy atom. The van der Waals surface area contributed by atoms with E-state index in [0.29, 0.717) is 18.9 Å². The number of nitrogens with one attached hydrogen (secondary N) is 1. The smallest absolute Gasteiger partial charge is 0.220 e. The van der Waals surface area contributed by atoms with E-state index in [1.165, 1.54) is 12.1 Å². The second kappa shape index (κ2) is 5.96. The molecule has 0 bridgehead atoms. The Morgan fingerprint density at radius 1 is 1.44 bits per heavy atom. The van der Waals surface area contributed by atoms with Crippen LogP contribution < -0.4 is 11.1 Å². The summed E-state index contributed by atoms with van der Waals surface area (Å²) in [4.78, 5) is 11.7. The molecule has 0 aliphatic heterocycles. The molecular formula is C14H19FN2O. The van der Waals surface area contributed by atoms with E-state index in [4.69, 9.17) is 5.73 Å². The number of amides is 1. The van der Waals surface area contributed by atoms with Crippen LogP contribution in [0.3, 0.4) is 0 Å². The molecule has 1 saturated carbocycles. The molecule has 0 unspecified atom stereocenters. The summed E-state index contributed by atoms with van der Waals surface area (Å²) in [6, 6.07) is 6.42. The SMILES string of the molecule is N[C@@H]1CCC[C@H]1CC(=O)NCc1cccc(F)c1. The molecule has 0 aromatic heterocycles. The summed E-state index contributed by atoms with van der Waals surface area (Å²) in [5.74, 6) is 0.0266. The molecule has 2 atom stereocenters. The van der Waals surface area contributed by atoms with E-state index in [0.717, 1.165) is 24.8 Å². The number of hydrogen-bond donors (Lipinski definition) is 2. The lowest BCUT2D eigenvalue weighted by Gasteiger charge is -2.14. The minimum Gasteiger partial charge on any atom is -0.352 e. The van der Waals surface area contributed by atoms with Crippen molar-refractivity contribution in [1.29, 1.82) is 0 Å². The highest BCUT2D eigenvalue weighted by Crippen LogP contribution is 2.26. The van der Waals surface area contributed by atoms with Crippen molar-refractivity contribution in [2.45, 2.75) is 38.3 Å². The summed E-state index contributed by atoms with van der Waals surface area (Å²) < 4.78 is 12.9. The van der Waals surface area contributed by atoms with E-state index < -0.39 is 0 Å². The van der Waals surface area contributed by atoms with Gasteiger partial charge in [0.1, 0.15) is 5.82 Å². The lowest BCUT2D eigenvalue weighted by molar-refractivity contribution is -0.122. The topological polar surface area (TPSA) is 55.1 Å². The van der Waals surface area contributed by atoms with Gasteiger partial charge in [-0.1, -0.05) is 18.6 Å². The van der Waals surface area contributed by atoms with Crippen LogP contribution in [0.5, 0.6) is 0 Å². The van der Waals surface area contributed by atoms with Crippen LogP contribution in [0.2, 0.25) is 0 Å². The van der Waals surface area contributed by atoms with Gasteiger partial charge in [-0.3, -0.25) is 4.79 Å². The number of halogens is 1. The van der Waals surface area contributed by atoms with E-state index in [9.17, 15) is 9.18 Å².